The minimum absolute atomic E-state index is 0.305. The average molecular weight is 241 g/mol. The SMILES string of the molecule is CCc1cccnc1CNC(C)c1ccncc1. The molecule has 2 aromatic heterocycles. The lowest BCUT2D eigenvalue weighted by Gasteiger charge is -2.15. The van der Waals surface area contributed by atoms with Crippen molar-refractivity contribution in [3.63, 3.8) is 0 Å². The van der Waals surface area contributed by atoms with E-state index in [1.807, 2.05) is 36.8 Å². The fourth-order valence-corrected chi connectivity index (χ4v) is 1.97. The Morgan fingerprint density at radius 2 is 1.94 bits per heavy atom. The molecule has 3 heteroatoms. The van der Waals surface area contributed by atoms with Gasteiger partial charge in [0.25, 0.3) is 0 Å². The third-order valence-corrected chi connectivity index (χ3v) is 3.15. The first-order valence-electron chi connectivity index (χ1n) is 6.37. The van der Waals surface area contributed by atoms with Gasteiger partial charge in [-0.2, -0.15) is 0 Å². The van der Waals surface area contributed by atoms with Crippen LogP contribution < -0.4 is 5.32 Å². The van der Waals surface area contributed by atoms with Crippen LogP contribution in [0.4, 0.5) is 0 Å². The van der Waals surface area contributed by atoms with E-state index in [9.17, 15) is 0 Å². The van der Waals surface area contributed by atoms with Crippen LogP contribution in [-0.4, -0.2) is 9.97 Å². The summed E-state index contributed by atoms with van der Waals surface area (Å²) in [4.78, 5) is 8.47. The molecule has 0 aliphatic rings. The summed E-state index contributed by atoms with van der Waals surface area (Å²) in [6, 6.07) is 8.52. The Balaban J connectivity index is 1.99. The van der Waals surface area contributed by atoms with E-state index in [0.29, 0.717) is 6.04 Å². The van der Waals surface area contributed by atoms with Crippen molar-refractivity contribution in [2.75, 3.05) is 0 Å². The maximum atomic E-state index is 4.44. The van der Waals surface area contributed by atoms with E-state index in [1.54, 1.807) is 0 Å². The highest BCUT2D eigenvalue weighted by molar-refractivity contribution is 5.20. The standard InChI is InChI=1S/C15H19N3/c1-3-13-5-4-8-17-15(13)11-18-12(2)14-6-9-16-10-7-14/h4-10,12,18H,3,11H2,1-2H3. The quantitative estimate of drug-likeness (QED) is 0.874. The highest BCUT2D eigenvalue weighted by Crippen LogP contribution is 2.12. The van der Waals surface area contributed by atoms with Crippen LogP contribution in [0.3, 0.4) is 0 Å². The van der Waals surface area contributed by atoms with E-state index >= 15 is 0 Å². The summed E-state index contributed by atoms with van der Waals surface area (Å²) in [6.07, 6.45) is 6.53. The van der Waals surface area contributed by atoms with Gasteiger partial charge in [0.2, 0.25) is 0 Å². The molecule has 1 N–H and O–H groups in total. The van der Waals surface area contributed by atoms with E-state index < -0.39 is 0 Å². The van der Waals surface area contributed by atoms with Gasteiger partial charge in [-0.25, -0.2) is 0 Å². The van der Waals surface area contributed by atoms with Crippen LogP contribution in [0.1, 0.15) is 36.7 Å². The van der Waals surface area contributed by atoms with Crippen LogP contribution in [0.2, 0.25) is 0 Å². The molecule has 0 amide bonds. The summed E-state index contributed by atoms with van der Waals surface area (Å²) in [5.74, 6) is 0. The van der Waals surface area contributed by atoms with Gasteiger partial charge in [0.15, 0.2) is 0 Å². The van der Waals surface area contributed by atoms with Crippen LogP contribution in [0, 0.1) is 0 Å². The lowest BCUT2D eigenvalue weighted by molar-refractivity contribution is 0.564. The molecule has 0 spiro atoms. The van der Waals surface area contributed by atoms with Crippen LogP contribution in [-0.2, 0) is 13.0 Å². The molecule has 0 aliphatic heterocycles. The predicted octanol–water partition coefficient (Wildman–Crippen LogP) is 2.89. The number of aromatic nitrogens is 2. The normalized spacial score (nSPS) is 12.3. The van der Waals surface area contributed by atoms with E-state index in [0.717, 1.165) is 18.7 Å². The number of rotatable bonds is 5. The molecule has 0 aliphatic carbocycles. The summed E-state index contributed by atoms with van der Waals surface area (Å²) in [5.41, 5.74) is 3.70. The number of nitrogens with zero attached hydrogens (tertiary/aromatic N) is 2. The first-order chi connectivity index (χ1) is 8.81. The van der Waals surface area contributed by atoms with Gasteiger partial charge >= 0.3 is 0 Å². The zero-order chi connectivity index (χ0) is 12.8. The number of hydrogen-bond acceptors (Lipinski definition) is 3. The van der Waals surface area contributed by atoms with E-state index in [4.69, 9.17) is 0 Å². The minimum atomic E-state index is 0.305. The lowest BCUT2D eigenvalue weighted by atomic mass is 10.1. The van der Waals surface area contributed by atoms with Crippen molar-refractivity contribution in [2.45, 2.75) is 32.9 Å². The zero-order valence-electron chi connectivity index (χ0n) is 10.9. The van der Waals surface area contributed by atoms with Gasteiger partial charge in [0.05, 0.1) is 5.69 Å². The molecule has 0 fully saturated rings. The van der Waals surface area contributed by atoms with Gasteiger partial charge in [-0.1, -0.05) is 13.0 Å². The number of hydrogen-bond donors (Lipinski definition) is 1. The second-order valence-corrected chi connectivity index (χ2v) is 4.35. The number of nitrogens with one attached hydrogen (secondary N) is 1. The molecule has 3 nitrogen and oxygen atoms in total. The van der Waals surface area contributed by atoms with Crippen molar-refractivity contribution in [3.8, 4) is 0 Å². The first kappa shape index (κ1) is 12.7. The van der Waals surface area contributed by atoms with Gasteiger partial charge in [0, 0.05) is 31.2 Å². The highest BCUT2D eigenvalue weighted by atomic mass is 14.9. The molecule has 0 saturated heterocycles. The highest BCUT2D eigenvalue weighted by Gasteiger charge is 2.06. The Hall–Kier alpha value is -1.74. The number of aryl methyl sites for hydroxylation is 1. The summed E-state index contributed by atoms with van der Waals surface area (Å²) in [5, 5.41) is 3.50. The van der Waals surface area contributed by atoms with Gasteiger partial charge in [0.1, 0.15) is 0 Å². The Morgan fingerprint density at radius 1 is 1.17 bits per heavy atom. The molecule has 2 aromatic rings. The molecule has 1 unspecified atom stereocenters. The van der Waals surface area contributed by atoms with Crippen LogP contribution in [0.25, 0.3) is 0 Å². The number of pyridine rings is 2. The molecule has 0 radical (unpaired) electrons. The zero-order valence-corrected chi connectivity index (χ0v) is 10.9. The van der Waals surface area contributed by atoms with Crippen molar-refractivity contribution in [1.82, 2.24) is 15.3 Å². The Morgan fingerprint density at radius 3 is 2.67 bits per heavy atom. The molecule has 1 atom stereocenters. The smallest absolute Gasteiger partial charge is 0.0573 e. The molecule has 94 valence electrons. The molecule has 0 bridgehead atoms. The van der Waals surface area contributed by atoms with Crippen molar-refractivity contribution >= 4 is 0 Å². The van der Waals surface area contributed by atoms with Crippen molar-refractivity contribution in [2.24, 2.45) is 0 Å². The maximum Gasteiger partial charge on any atom is 0.0573 e. The molecular formula is C15H19N3. The van der Waals surface area contributed by atoms with Crippen LogP contribution >= 0.6 is 0 Å². The van der Waals surface area contributed by atoms with E-state index in [-0.39, 0.29) is 0 Å². The maximum absolute atomic E-state index is 4.44. The molecule has 2 heterocycles. The summed E-state index contributed by atoms with van der Waals surface area (Å²) < 4.78 is 0. The Kier molecular flexibility index (Phi) is 4.42. The van der Waals surface area contributed by atoms with Gasteiger partial charge < -0.3 is 5.32 Å². The van der Waals surface area contributed by atoms with Gasteiger partial charge in [-0.15, -0.1) is 0 Å². The van der Waals surface area contributed by atoms with Crippen molar-refractivity contribution in [3.05, 3.63) is 59.7 Å². The Bertz CT molecular complexity index is 482. The second kappa shape index (κ2) is 6.26. The average Bonchev–Trinajstić information content (AvgIpc) is 2.46. The molecule has 18 heavy (non-hydrogen) atoms. The second-order valence-electron chi connectivity index (χ2n) is 4.35. The van der Waals surface area contributed by atoms with Crippen LogP contribution in [0.5, 0.6) is 0 Å². The lowest BCUT2D eigenvalue weighted by Crippen LogP contribution is -2.19. The van der Waals surface area contributed by atoms with E-state index in [1.165, 1.54) is 11.1 Å². The van der Waals surface area contributed by atoms with Crippen molar-refractivity contribution in [1.29, 1.82) is 0 Å². The summed E-state index contributed by atoms with van der Waals surface area (Å²) in [7, 11) is 0. The van der Waals surface area contributed by atoms with Gasteiger partial charge in [-0.05, 0) is 42.7 Å². The largest absolute Gasteiger partial charge is 0.305 e. The predicted molar refractivity (Wildman–Crippen MR) is 73.1 cm³/mol. The molecule has 0 aromatic carbocycles. The Labute approximate surface area is 108 Å². The van der Waals surface area contributed by atoms with E-state index in [2.05, 4.69) is 35.2 Å². The van der Waals surface area contributed by atoms with Crippen LogP contribution in [0.15, 0.2) is 42.9 Å². The first-order valence-corrected chi connectivity index (χ1v) is 6.37. The van der Waals surface area contributed by atoms with Crippen molar-refractivity contribution < 1.29 is 0 Å². The topological polar surface area (TPSA) is 37.8 Å². The monoisotopic (exact) mass is 241 g/mol. The molecule has 0 saturated carbocycles. The summed E-state index contributed by atoms with van der Waals surface area (Å²) >= 11 is 0. The molecule has 2 rings (SSSR count). The third-order valence-electron chi connectivity index (χ3n) is 3.15. The summed E-state index contributed by atoms with van der Waals surface area (Å²) in [6.45, 7) is 5.12. The third kappa shape index (κ3) is 3.14. The van der Waals surface area contributed by atoms with Gasteiger partial charge in [-0.3, -0.25) is 9.97 Å². The molecular weight excluding hydrogens is 222 g/mol. The fourth-order valence-electron chi connectivity index (χ4n) is 1.97. The fraction of sp³-hybridized carbons (Fsp3) is 0.333. The minimum Gasteiger partial charge on any atom is -0.305 e.